The maximum atomic E-state index is 13.0. The number of rotatable bonds is 5. The molecule has 0 aromatic carbocycles. The van der Waals surface area contributed by atoms with Gasteiger partial charge in [0.2, 0.25) is 5.91 Å². The summed E-state index contributed by atoms with van der Waals surface area (Å²) in [5.74, 6) is 0.454. The number of aromatic nitrogens is 2. The lowest BCUT2D eigenvalue weighted by Crippen LogP contribution is -2.42. The number of hydrogen-bond acceptors (Lipinski definition) is 5. The molecule has 0 radical (unpaired) electrons. The van der Waals surface area contributed by atoms with Crippen LogP contribution in [0.25, 0.3) is 5.65 Å². The molecule has 2 atom stereocenters. The summed E-state index contributed by atoms with van der Waals surface area (Å²) in [6, 6.07) is 3.34. The molecule has 2 N–H and O–H groups in total. The summed E-state index contributed by atoms with van der Waals surface area (Å²) < 4.78 is 6.58. The second kappa shape index (κ2) is 8.71. The molecule has 8 heteroatoms. The van der Waals surface area contributed by atoms with Gasteiger partial charge < -0.3 is 15.4 Å². The van der Waals surface area contributed by atoms with Crippen molar-refractivity contribution in [2.75, 3.05) is 18.5 Å². The van der Waals surface area contributed by atoms with Crippen LogP contribution >= 0.6 is 11.6 Å². The van der Waals surface area contributed by atoms with Crippen molar-refractivity contribution < 1.29 is 14.3 Å². The van der Waals surface area contributed by atoms with Gasteiger partial charge in [-0.2, -0.15) is 0 Å². The molecule has 2 aromatic rings. The maximum Gasteiger partial charge on any atom is 0.360 e. The number of halogens is 1. The average molecular weight is 419 g/mol. The van der Waals surface area contributed by atoms with Gasteiger partial charge in [-0.05, 0) is 43.9 Å². The number of carbonyl (C=O) groups excluding carboxylic acids is 2. The minimum absolute atomic E-state index is 0.0146. The lowest BCUT2D eigenvalue weighted by molar-refractivity contribution is -0.119. The van der Waals surface area contributed by atoms with Gasteiger partial charge >= 0.3 is 5.97 Å². The third-order valence-electron chi connectivity index (χ3n) is 6.10. The third kappa shape index (κ3) is 4.12. The van der Waals surface area contributed by atoms with Crippen molar-refractivity contribution >= 4 is 34.8 Å². The van der Waals surface area contributed by atoms with Crippen molar-refractivity contribution in [3.8, 4) is 0 Å². The molecule has 156 valence electrons. The molecule has 29 heavy (non-hydrogen) atoms. The fourth-order valence-corrected chi connectivity index (χ4v) is 4.97. The molecule has 7 nitrogen and oxygen atoms in total. The van der Waals surface area contributed by atoms with Gasteiger partial charge in [-0.1, -0.05) is 43.7 Å². The summed E-state index contributed by atoms with van der Waals surface area (Å²) in [7, 11) is 0. The topological polar surface area (TPSA) is 84.7 Å². The van der Waals surface area contributed by atoms with Crippen LogP contribution in [-0.4, -0.2) is 40.5 Å². The van der Waals surface area contributed by atoms with Crippen LogP contribution in [0.4, 0.5) is 5.69 Å². The van der Waals surface area contributed by atoms with E-state index in [9.17, 15) is 9.59 Å². The van der Waals surface area contributed by atoms with Gasteiger partial charge in [0.25, 0.3) is 0 Å². The number of fused-ring (bicyclic) bond motifs is 1. The van der Waals surface area contributed by atoms with Crippen LogP contribution in [-0.2, 0) is 9.53 Å². The lowest BCUT2D eigenvalue weighted by atomic mass is 9.76. The summed E-state index contributed by atoms with van der Waals surface area (Å²) in [6.07, 6.45) is 9.05. The van der Waals surface area contributed by atoms with Crippen LogP contribution in [0.5, 0.6) is 0 Å². The number of ether oxygens (including phenoxy) is 1. The summed E-state index contributed by atoms with van der Waals surface area (Å²) in [4.78, 5) is 29.2. The number of anilines is 1. The number of esters is 1. The Bertz CT molecular complexity index is 907. The summed E-state index contributed by atoms with van der Waals surface area (Å²) in [6.45, 7) is 2.86. The highest BCUT2D eigenvalue weighted by molar-refractivity contribution is 6.32. The van der Waals surface area contributed by atoms with Crippen molar-refractivity contribution in [1.82, 2.24) is 14.7 Å². The molecular formula is C21H27ClN4O3. The lowest BCUT2D eigenvalue weighted by Gasteiger charge is -2.30. The fraction of sp³-hybridized carbons (Fsp3) is 0.571. The molecule has 1 amide bonds. The summed E-state index contributed by atoms with van der Waals surface area (Å²) in [5.41, 5.74) is 1.22. The zero-order valence-electron chi connectivity index (χ0n) is 16.6. The number of hydrogen-bond donors (Lipinski definition) is 2. The average Bonchev–Trinajstić information content (AvgIpc) is 3.34. The smallest absolute Gasteiger partial charge is 0.360 e. The summed E-state index contributed by atoms with van der Waals surface area (Å²) in [5, 5.41) is 6.57. The van der Waals surface area contributed by atoms with Gasteiger partial charge in [-0.25, -0.2) is 9.78 Å². The van der Waals surface area contributed by atoms with Crippen molar-refractivity contribution in [3.05, 3.63) is 29.2 Å². The van der Waals surface area contributed by atoms with Crippen LogP contribution in [0.3, 0.4) is 0 Å². The Labute approximate surface area is 175 Å². The number of pyridine rings is 1. The number of carbonyl (C=O) groups is 2. The first-order valence-corrected chi connectivity index (χ1v) is 10.8. The van der Waals surface area contributed by atoms with E-state index in [2.05, 4.69) is 15.6 Å². The highest BCUT2D eigenvalue weighted by atomic mass is 35.5. The Balaban J connectivity index is 1.50. The van der Waals surface area contributed by atoms with Crippen molar-refractivity contribution in [2.24, 2.45) is 11.8 Å². The molecule has 0 spiro atoms. The first kappa shape index (κ1) is 20.2. The molecule has 1 aliphatic heterocycles. The Morgan fingerprint density at radius 1 is 1.28 bits per heavy atom. The van der Waals surface area contributed by atoms with Crippen LogP contribution < -0.4 is 10.6 Å². The van der Waals surface area contributed by atoms with Crippen LogP contribution in [0.15, 0.2) is 18.3 Å². The molecule has 2 aromatic heterocycles. The largest absolute Gasteiger partial charge is 0.461 e. The van der Waals surface area contributed by atoms with E-state index in [1.54, 1.807) is 29.7 Å². The molecule has 3 heterocycles. The zero-order chi connectivity index (χ0) is 20.4. The Morgan fingerprint density at radius 3 is 2.83 bits per heavy atom. The summed E-state index contributed by atoms with van der Waals surface area (Å²) >= 11 is 6.32. The first-order chi connectivity index (χ1) is 14.1. The van der Waals surface area contributed by atoms with Gasteiger partial charge in [-0.3, -0.25) is 9.20 Å². The maximum absolute atomic E-state index is 13.0. The van der Waals surface area contributed by atoms with E-state index in [1.807, 2.05) is 0 Å². The molecular weight excluding hydrogens is 392 g/mol. The monoisotopic (exact) mass is 418 g/mol. The van der Waals surface area contributed by atoms with Gasteiger partial charge in [0, 0.05) is 6.20 Å². The van der Waals surface area contributed by atoms with Crippen LogP contribution in [0.1, 0.15) is 55.9 Å². The predicted molar refractivity (Wildman–Crippen MR) is 111 cm³/mol. The molecule has 1 saturated heterocycles. The van der Waals surface area contributed by atoms with E-state index in [0.717, 1.165) is 13.0 Å². The Morgan fingerprint density at radius 2 is 2.07 bits per heavy atom. The second-order valence-corrected chi connectivity index (χ2v) is 8.25. The van der Waals surface area contributed by atoms with E-state index in [1.165, 1.54) is 32.1 Å². The molecule has 2 fully saturated rings. The Kier molecular flexibility index (Phi) is 6.06. The highest BCUT2D eigenvalue weighted by Gasteiger charge is 2.38. The molecule has 1 saturated carbocycles. The molecule has 2 aliphatic rings. The van der Waals surface area contributed by atoms with E-state index in [0.29, 0.717) is 23.2 Å². The number of amides is 1. The number of imidazole rings is 1. The Hall–Kier alpha value is -2.12. The zero-order valence-corrected chi connectivity index (χ0v) is 17.4. The minimum atomic E-state index is -0.558. The van der Waals surface area contributed by atoms with Crippen molar-refractivity contribution in [2.45, 2.75) is 51.5 Å². The van der Waals surface area contributed by atoms with E-state index < -0.39 is 5.97 Å². The fourth-order valence-electron chi connectivity index (χ4n) is 4.72. The van der Waals surface area contributed by atoms with Crippen LogP contribution in [0, 0.1) is 11.8 Å². The van der Waals surface area contributed by atoms with Gasteiger partial charge in [0.05, 0.1) is 18.3 Å². The molecule has 4 rings (SSSR count). The molecule has 0 bridgehead atoms. The third-order valence-corrected chi connectivity index (χ3v) is 6.47. The molecule has 1 aliphatic carbocycles. The first-order valence-electron chi connectivity index (χ1n) is 10.5. The van der Waals surface area contributed by atoms with Crippen LogP contribution in [0.2, 0.25) is 5.15 Å². The predicted octanol–water partition coefficient (Wildman–Crippen LogP) is 3.66. The van der Waals surface area contributed by atoms with E-state index in [4.69, 9.17) is 16.3 Å². The van der Waals surface area contributed by atoms with Crippen molar-refractivity contribution in [1.29, 1.82) is 0 Å². The van der Waals surface area contributed by atoms with E-state index in [-0.39, 0.29) is 29.4 Å². The van der Waals surface area contributed by atoms with Gasteiger partial charge in [0.15, 0.2) is 5.69 Å². The standard InChI is InChI=1S/C21H27ClN4O3/c1-2-29-21(28)18-19(22)26-12-14(8-9-16(26)25-18)24-20(27)17-15(10-11-23-17)13-6-4-3-5-7-13/h8-9,12-13,15,17,23H,2-7,10-11H2,1H3,(H,24,27)/t15?,17-/m0/s1. The normalized spacial score (nSPS) is 22.7. The second-order valence-electron chi connectivity index (χ2n) is 7.89. The number of nitrogens with zero attached hydrogens (tertiary/aromatic N) is 2. The number of nitrogens with one attached hydrogen (secondary N) is 2. The van der Waals surface area contributed by atoms with Gasteiger partial charge in [-0.15, -0.1) is 0 Å². The van der Waals surface area contributed by atoms with Crippen molar-refractivity contribution in [3.63, 3.8) is 0 Å². The van der Waals surface area contributed by atoms with E-state index >= 15 is 0 Å². The quantitative estimate of drug-likeness (QED) is 0.724. The van der Waals surface area contributed by atoms with Gasteiger partial charge in [0.1, 0.15) is 10.8 Å². The molecule has 1 unspecified atom stereocenters. The highest BCUT2D eigenvalue weighted by Crippen LogP contribution is 2.36. The SMILES string of the molecule is CCOC(=O)c1nc2ccc(NC(=O)[C@H]3NCCC3C3CCCCC3)cn2c1Cl. The minimum Gasteiger partial charge on any atom is -0.461 e.